The minimum Gasteiger partial charge on any atom is -0.480 e. The zero-order chi connectivity index (χ0) is 15.7. The van der Waals surface area contributed by atoms with E-state index in [9.17, 15) is 19.7 Å². The fourth-order valence-corrected chi connectivity index (χ4v) is 2.21. The predicted octanol–water partition coefficient (Wildman–Crippen LogP) is 1.67. The van der Waals surface area contributed by atoms with Gasteiger partial charge in [0.05, 0.1) is 11.1 Å². The highest BCUT2D eigenvalue weighted by Gasteiger charge is 2.36. The van der Waals surface area contributed by atoms with Crippen molar-refractivity contribution in [3.63, 3.8) is 0 Å². The lowest BCUT2D eigenvalue weighted by Gasteiger charge is -2.21. The van der Waals surface area contributed by atoms with Gasteiger partial charge in [0.2, 0.25) is 0 Å². The third-order valence-electron chi connectivity index (χ3n) is 3.37. The van der Waals surface area contributed by atoms with Crippen LogP contribution >= 0.6 is 0 Å². The Bertz CT molecular complexity index is 589. The summed E-state index contributed by atoms with van der Waals surface area (Å²) in [6, 6.07) is 0.992. The van der Waals surface area contributed by atoms with Crippen LogP contribution in [0.5, 0.6) is 0 Å². The third-order valence-corrected chi connectivity index (χ3v) is 3.37. The van der Waals surface area contributed by atoms with E-state index in [1.807, 2.05) is 0 Å². The van der Waals surface area contributed by atoms with Crippen molar-refractivity contribution in [2.24, 2.45) is 0 Å². The lowest BCUT2D eigenvalue weighted by molar-refractivity contribution is -0.384. The molecule has 0 unspecified atom stereocenters. The summed E-state index contributed by atoms with van der Waals surface area (Å²) < 4.78 is 1.51. The number of carbonyl (C=O) groups is 2. The summed E-state index contributed by atoms with van der Waals surface area (Å²) in [5, 5.41) is 19.8. The first-order valence-corrected chi connectivity index (χ1v) is 6.70. The number of aliphatic carboxylic acids is 1. The molecule has 114 valence electrons. The Morgan fingerprint density at radius 2 is 2.14 bits per heavy atom. The van der Waals surface area contributed by atoms with E-state index < -0.39 is 16.8 Å². The summed E-state index contributed by atoms with van der Waals surface area (Å²) in [5.41, 5.74) is -0.0111. The molecular weight excluding hydrogens is 278 g/mol. The number of carbonyl (C=O) groups excluding carboxylic acids is 1. The Labute approximate surface area is 121 Å². The van der Waals surface area contributed by atoms with Crippen molar-refractivity contribution in [2.45, 2.75) is 38.8 Å². The topological polar surface area (TPSA) is 106 Å². The van der Waals surface area contributed by atoms with Crippen LogP contribution in [0.3, 0.4) is 0 Å². The van der Waals surface area contributed by atoms with Crippen molar-refractivity contribution in [2.75, 3.05) is 6.54 Å². The number of carboxylic acids is 1. The first kappa shape index (κ1) is 15.0. The van der Waals surface area contributed by atoms with Crippen LogP contribution in [0.15, 0.2) is 12.3 Å². The second-order valence-electron chi connectivity index (χ2n) is 5.40. The molecule has 8 nitrogen and oxygen atoms in total. The van der Waals surface area contributed by atoms with Crippen molar-refractivity contribution in [1.82, 2.24) is 9.47 Å². The molecule has 1 N–H and O–H groups in total. The molecule has 0 spiro atoms. The van der Waals surface area contributed by atoms with Gasteiger partial charge < -0.3 is 14.6 Å². The van der Waals surface area contributed by atoms with E-state index in [1.165, 1.54) is 21.7 Å². The monoisotopic (exact) mass is 295 g/mol. The van der Waals surface area contributed by atoms with Gasteiger partial charge in [0.15, 0.2) is 0 Å². The number of carboxylic acid groups (broad SMARTS) is 1. The second kappa shape index (κ2) is 5.55. The number of hydrogen-bond acceptors (Lipinski definition) is 4. The van der Waals surface area contributed by atoms with Crippen molar-refractivity contribution < 1.29 is 19.6 Å². The number of aromatic nitrogens is 1. The number of amides is 1. The Hall–Kier alpha value is -2.38. The molecule has 0 aliphatic heterocycles. The smallest absolute Gasteiger partial charge is 0.323 e. The molecule has 1 aromatic rings. The molecule has 21 heavy (non-hydrogen) atoms. The molecule has 0 aromatic carbocycles. The maximum absolute atomic E-state index is 12.5. The normalized spacial score (nSPS) is 14.2. The van der Waals surface area contributed by atoms with E-state index >= 15 is 0 Å². The van der Waals surface area contributed by atoms with Gasteiger partial charge in [-0.2, -0.15) is 0 Å². The zero-order valence-corrected chi connectivity index (χ0v) is 11.9. The molecule has 1 aliphatic carbocycles. The minimum atomic E-state index is -1.09. The molecule has 8 heteroatoms. The molecular formula is C13H17N3O5. The number of rotatable bonds is 6. The fourth-order valence-electron chi connectivity index (χ4n) is 2.21. The molecule has 1 aromatic heterocycles. The molecule has 1 aliphatic rings. The van der Waals surface area contributed by atoms with Crippen LogP contribution in [-0.4, -0.2) is 44.0 Å². The molecule has 0 atom stereocenters. The van der Waals surface area contributed by atoms with Gasteiger partial charge in [0.25, 0.3) is 11.6 Å². The highest BCUT2D eigenvalue weighted by Crippen LogP contribution is 2.30. The SMILES string of the molecule is CC(C)n1cc([N+](=O)[O-])cc1C(=O)N(CC(=O)O)C1CC1. The quantitative estimate of drug-likeness (QED) is 0.634. The van der Waals surface area contributed by atoms with Crippen molar-refractivity contribution >= 4 is 17.6 Å². The first-order chi connectivity index (χ1) is 9.81. The van der Waals surface area contributed by atoms with E-state index in [2.05, 4.69) is 0 Å². The minimum absolute atomic E-state index is 0.0804. The highest BCUT2D eigenvalue weighted by atomic mass is 16.6. The third kappa shape index (κ3) is 3.21. The van der Waals surface area contributed by atoms with Crippen LogP contribution in [0.2, 0.25) is 0 Å². The molecule has 1 fully saturated rings. The summed E-state index contributed by atoms with van der Waals surface area (Å²) in [7, 11) is 0. The van der Waals surface area contributed by atoms with Gasteiger partial charge in [-0.25, -0.2) is 0 Å². The van der Waals surface area contributed by atoms with Crippen LogP contribution in [0.1, 0.15) is 43.2 Å². The van der Waals surface area contributed by atoms with E-state index in [0.717, 1.165) is 12.8 Å². The molecule has 0 bridgehead atoms. The Kier molecular flexibility index (Phi) is 3.97. The fraction of sp³-hybridized carbons (Fsp3) is 0.538. The zero-order valence-electron chi connectivity index (χ0n) is 11.9. The molecule has 2 rings (SSSR count). The summed E-state index contributed by atoms with van der Waals surface area (Å²) in [6.07, 6.45) is 2.84. The second-order valence-corrected chi connectivity index (χ2v) is 5.40. The van der Waals surface area contributed by atoms with Crippen LogP contribution in [0.4, 0.5) is 5.69 Å². The average molecular weight is 295 g/mol. The van der Waals surface area contributed by atoms with E-state index in [4.69, 9.17) is 5.11 Å². The average Bonchev–Trinajstić information content (AvgIpc) is 3.11. The Morgan fingerprint density at radius 1 is 1.52 bits per heavy atom. The van der Waals surface area contributed by atoms with Gasteiger partial charge in [0.1, 0.15) is 12.2 Å². The van der Waals surface area contributed by atoms with E-state index in [-0.39, 0.29) is 30.0 Å². The first-order valence-electron chi connectivity index (χ1n) is 6.70. The summed E-state index contributed by atoms with van der Waals surface area (Å²) in [4.78, 5) is 35.0. The molecule has 1 amide bonds. The maximum Gasteiger partial charge on any atom is 0.323 e. The standard InChI is InChI=1S/C13H17N3O5/c1-8(2)14-6-10(16(20)21)5-11(14)13(19)15(7-12(17)18)9-3-4-9/h5-6,8-9H,3-4,7H2,1-2H3,(H,17,18). The molecule has 0 saturated heterocycles. The number of nitrogens with zero attached hydrogens (tertiary/aromatic N) is 3. The van der Waals surface area contributed by atoms with E-state index in [0.29, 0.717) is 0 Å². The van der Waals surface area contributed by atoms with Gasteiger partial charge >= 0.3 is 5.97 Å². The number of nitro groups is 1. The van der Waals surface area contributed by atoms with Gasteiger partial charge in [-0.15, -0.1) is 0 Å². The van der Waals surface area contributed by atoms with Crippen LogP contribution in [0, 0.1) is 10.1 Å². The van der Waals surface area contributed by atoms with Crippen molar-refractivity contribution in [3.05, 3.63) is 28.1 Å². The Balaban J connectivity index is 2.36. The van der Waals surface area contributed by atoms with E-state index in [1.54, 1.807) is 13.8 Å². The predicted molar refractivity (Wildman–Crippen MR) is 73.2 cm³/mol. The van der Waals surface area contributed by atoms with Gasteiger partial charge in [0, 0.05) is 18.2 Å². The lowest BCUT2D eigenvalue weighted by atomic mass is 10.3. The number of hydrogen-bond donors (Lipinski definition) is 1. The largest absolute Gasteiger partial charge is 0.480 e. The lowest BCUT2D eigenvalue weighted by Crippen LogP contribution is -2.38. The van der Waals surface area contributed by atoms with Gasteiger partial charge in [-0.3, -0.25) is 19.7 Å². The van der Waals surface area contributed by atoms with Crippen LogP contribution < -0.4 is 0 Å². The summed E-state index contributed by atoms with van der Waals surface area (Å²) in [6.45, 7) is 3.22. The molecule has 0 radical (unpaired) electrons. The molecule has 1 heterocycles. The maximum atomic E-state index is 12.5. The summed E-state index contributed by atoms with van der Waals surface area (Å²) in [5.74, 6) is -1.56. The van der Waals surface area contributed by atoms with Gasteiger partial charge in [-0.05, 0) is 26.7 Å². The van der Waals surface area contributed by atoms with Crippen molar-refractivity contribution in [1.29, 1.82) is 0 Å². The van der Waals surface area contributed by atoms with Crippen LogP contribution in [-0.2, 0) is 4.79 Å². The Morgan fingerprint density at radius 3 is 2.57 bits per heavy atom. The van der Waals surface area contributed by atoms with Crippen LogP contribution in [0.25, 0.3) is 0 Å². The van der Waals surface area contributed by atoms with Crippen molar-refractivity contribution in [3.8, 4) is 0 Å². The summed E-state index contributed by atoms with van der Waals surface area (Å²) >= 11 is 0. The highest BCUT2D eigenvalue weighted by molar-refractivity contribution is 5.95. The molecule has 1 saturated carbocycles. The van der Waals surface area contributed by atoms with Gasteiger partial charge in [-0.1, -0.05) is 0 Å².